The van der Waals surface area contributed by atoms with E-state index in [1.54, 1.807) is 16.2 Å². The number of nitrogens with zero attached hydrogens (tertiary/aromatic N) is 1. The lowest BCUT2D eigenvalue weighted by Crippen LogP contribution is -2.24. The van der Waals surface area contributed by atoms with Crippen molar-refractivity contribution in [1.82, 2.24) is 4.90 Å². The van der Waals surface area contributed by atoms with E-state index in [-0.39, 0.29) is 5.91 Å². The molecule has 0 atom stereocenters. The van der Waals surface area contributed by atoms with E-state index in [4.69, 9.17) is 5.73 Å². The summed E-state index contributed by atoms with van der Waals surface area (Å²) in [7, 11) is 1.82. The van der Waals surface area contributed by atoms with Gasteiger partial charge in [0, 0.05) is 29.3 Å². The number of carbonyl (C=O) groups is 1. The zero-order valence-electron chi connectivity index (χ0n) is 9.62. The molecule has 1 aromatic heterocycles. The molecule has 16 heavy (non-hydrogen) atoms. The van der Waals surface area contributed by atoms with E-state index in [2.05, 4.69) is 11.8 Å². The Morgan fingerprint density at radius 1 is 1.62 bits per heavy atom. The Bertz CT molecular complexity index is 414. The quantitative estimate of drug-likeness (QED) is 0.807. The molecule has 2 N–H and O–H groups in total. The van der Waals surface area contributed by atoms with E-state index in [1.807, 2.05) is 25.4 Å². The zero-order chi connectivity index (χ0) is 12.0. The van der Waals surface area contributed by atoms with E-state index in [0.717, 1.165) is 10.4 Å². The highest BCUT2D eigenvalue weighted by atomic mass is 32.1. The Morgan fingerprint density at radius 2 is 2.38 bits per heavy atom. The summed E-state index contributed by atoms with van der Waals surface area (Å²) in [6, 6.07) is 2.01. The first-order valence-corrected chi connectivity index (χ1v) is 6.05. The van der Waals surface area contributed by atoms with E-state index < -0.39 is 0 Å². The van der Waals surface area contributed by atoms with Crippen LogP contribution < -0.4 is 5.73 Å². The maximum absolute atomic E-state index is 11.4. The molecule has 0 spiro atoms. The van der Waals surface area contributed by atoms with Crippen molar-refractivity contribution in [2.24, 2.45) is 5.73 Å². The average Bonchev–Trinajstić information content (AvgIpc) is 2.72. The first-order valence-electron chi connectivity index (χ1n) is 5.17. The molecule has 86 valence electrons. The number of nitrogens with two attached hydrogens (primary N) is 1. The summed E-state index contributed by atoms with van der Waals surface area (Å²) < 4.78 is 0. The van der Waals surface area contributed by atoms with Crippen molar-refractivity contribution in [3.8, 4) is 11.8 Å². The Hall–Kier alpha value is -1.31. The van der Waals surface area contributed by atoms with E-state index in [1.165, 1.54) is 0 Å². The summed E-state index contributed by atoms with van der Waals surface area (Å²) >= 11 is 1.62. The lowest BCUT2D eigenvalue weighted by molar-refractivity contribution is -0.130. The molecule has 1 amide bonds. The summed E-state index contributed by atoms with van der Waals surface area (Å²) in [6.07, 6.45) is 0.543. The number of hydrogen-bond donors (Lipinski definition) is 1. The monoisotopic (exact) mass is 236 g/mol. The van der Waals surface area contributed by atoms with Crippen LogP contribution in [0.15, 0.2) is 11.4 Å². The van der Waals surface area contributed by atoms with Crippen LogP contribution in [0, 0.1) is 11.8 Å². The third-order valence-electron chi connectivity index (χ3n) is 2.11. The van der Waals surface area contributed by atoms with Gasteiger partial charge in [-0.15, -0.1) is 11.3 Å². The number of amides is 1. The molecule has 3 nitrogen and oxygen atoms in total. The fraction of sp³-hybridized carbons (Fsp3) is 0.417. The molecule has 1 rings (SSSR count). The van der Waals surface area contributed by atoms with Gasteiger partial charge in [-0.3, -0.25) is 4.79 Å². The molecule has 0 saturated heterocycles. The van der Waals surface area contributed by atoms with Gasteiger partial charge >= 0.3 is 0 Å². The van der Waals surface area contributed by atoms with Crippen LogP contribution in [0.2, 0.25) is 0 Å². The number of rotatable bonds is 3. The molecule has 0 aliphatic carbocycles. The molecule has 0 bridgehead atoms. The standard InChI is InChI=1S/C12H16N2OS/c1-3-12(15)14(2)8-11-7-10(9-16-11)5-4-6-13/h7,9H,3,6,8,13H2,1-2H3. The lowest BCUT2D eigenvalue weighted by Gasteiger charge is -2.14. The van der Waals surface area contributed by atoms with Gasteiger partial charge in [0.05, 0.1) is 13.1 Å². The van der Waals surface area contributed by atoms with E-state index >= 15 is 0 Å². The third-order valence-corrected chi connectivity index (χ3v) is 3.03. The highest BCUT2D eigenvalue weighted by Gasteiger charge is 2.07. The average molecular weight is 236 g/mol. The van der Waals surface area contributed by atoms with Crippen molar-refractivity contribution in [1.29, 1.82) is 0 Å². The number of hydrogen-bond acceptors (Lipinski definition) is 3. The minimum atomic E-state index is 0.156. The Balaban J connectivity index is 2.61. The SMILES string of the molecule is CCC(=O)N(C)Cc1cc(C#CCN)cs1. The molecule has 0 radical (unpaired) electrons. The van der Waals surface area contributed by atoms with Gasteiger partial charge in [0.25, 0.3) is 0 Å². The van der Waals surface area contributed by atoms with Crippen molar-refractivity contribution in [3.05, 3.63) is 21.9 Å². The second kappa shape index (κ2) is 6.31. The van der Waals surface area contributed by atoms with Crippen LogP contribution in [0.1, 0.15) is 23.8 Å². The first-order chi connectivity index (χ1) is 7.67. The largest absolute Gasteiger partial charge is 0.341 e. The molecule has 1 heterocycles. The maximum atomic E-state index is 11.4. The van der Waals surface area contributed by atoms with Gasteiger partial charge in [0.1, 0.15) is 0 Å². The van der Waals surface area contributed by atoms with Crippen molar-refractivity contribution in [2.75, 3.05) is 13.6 Å². The minimum absolute atomic E-state index is 0.156. The summed E-state index contributed by atoms with van der Waals surface area (Å²) in [4.78, 5) is 14.3. The number of carbonyl (C=O) groups excluding carboxylic acids is 1. The van der Waals surface area contributed by atoms with Crippen molar-refractivity contribution in [2.45, 2.75) is 19.9 Å². The van der Waals surface area contributed by atoms with Crippen molar-refractivity contribution in [3.63, 3.8) is 0 Å². The molecular weight excluding hydrogens is 220 g/mol. The predicted molar refractivity (Wildman–Crippen MR) is 67.0 cm³/mol. The lowest BCUT2D eigenvalue weighted by atomic mass is 10.3. The topological polar surface area (TPSA) is 46.3 Å². The van der Waals surface area contributed by atoms with Crippen LogP contribution in [0.3, 0.4) is 0 Å². The normalized spacial score (nSPS) is 9.44. The second-order valence-corrected chi connectivity index (χ2v) is 4.41. The van der Waals surface area contributed by atoms with Gasteiger partial charge in [-0.25, -0.2) is 0 Å². The van der Waals surface area contributed by atoms with E-state index in [9.17, 15) is 4.79 Å². The molecular formula is C12H16N2OS. The van der Waals surface area contributed by atoms with Gasteiger partial charge in [-0.05, 0) is 6.07 Å². The maximum Gasteiger partial charge on any atom is 0.222 e. The van der Waals surface area contributed by atoms with E-state index in [0.29, 0.717) is 19.5 Å². The van der Waals surface area contributed by atoms with Crippen LogP contribution in [-0.2, 0) is 11.3 Å². The molecule has 0 aliphatic heterocycles. The van der Waals surface area contributed by atoms with Gasteiger partial charge in [0.2, 0.25) is 5.91 Å². The fourth-order valence-electron chi connectivity index (χ4n) is 1.27. The van der Waals surface area contributed by atoms with Crippen molar-refractivity contribution < 1.29 is 4.79 Å². The van der Waals surface area contributed by atoms with Crippen LogP contribution >= 0.6 is 11.3 Å². The third kappa shape index (κ3) is 3.69. The smallest absolute Gasteiger partial charge is 0.222 e. The van der Waals surface area contributed by atoms with Crippen LogP contribution in [0.5, 0.6) is 0 Å². The summed E-state index contributed by atoms with van der Waals surface area (Å²) in [5, 5.41) is 1.99. The molecule has 0 aromatic carbocycles. The molecule has 0 unspecified atom stereocenters. The number of thiophene rings is 1. The van der Waals surface area contributed by atoms with Crippen molar-refractivity contribution >= 4 is 17.2 Å². The Kier molecular flexibility index (Phi) is 5.03. The predicted octanol–water partition coefficient (Wildman–Crippen LogP) is 1.43. The Labute approximate surface area is 100 Å². The summed E-state index contributed by atoms with van der Waals surface area (Å²) in [6.45, 7) is 2.90. The minimum Gasteiger partial charge on any atom is -0.341 e. The van der Waals surface area contributed by atoms with Gasteiger partial charge in [0.15, 0.2) is 0 Å². The Morgan fingerprint density at radius 3 is 3.00 bits per heavy atom. The van der Waals surface area contributed by atoms with Gasteiger partial charge in [-0.1, -0.05) is 18.8 Å². The molecule has 0 fully saturated rings. The van der Waals surface area contributed by atoms with Gasteiger partial charge in [-0.2, -0.15) is 0 Å². The molecule has 4 heteroatoms. The zero-order valence-corrected chi connectivity index (χ0v) is 10.4. The highest BCUT2D eigenvalue weighted by Crippen LogP contribution is 2.15. The molecule has 0 saturated carbocycles. The van der Waals surface area contributed by atoms with Gasteiger partial charge < -0.3 is 10.6 Å². The summed E-state index contributed by atoms with van der Waals surface area (Å²) in [5.41, 5.74) is 6.27. The van der Waals surface area contributed by atoms with Crippen LogP contribution in [0.25, 0.3) is 0 Å². The highest BCUT2D eigenvalue weighted by molar-refractivity contribution is 7.10. The molecule has 0 aliphatic rings. The molecule has 1 aromatic rings. The second-order valence-electron chi connectivity index (χ2n) is 3.41. The van der Waals surface area contributed by atoms with Crippen LogP contribution in [-0.4, -0.2) is 24.4 Å². The first kappa shape index (κ1) is 12.8. The fourth-order valence-corrected chi connectivity index (χ4v) is 2.14. The summed E-state index contributed by atoms with van der Waals surface area (Å²) in [5.74, 6) is 5.94. The van der Waals surface area contributed by atoms with Crippen LogP contribution in [0.4, 0.5) is 0 Å².